The van der Waals surface area contributed by atoms with Gasteiger partial charge in [-0.05, 0) is 27.7 Å². The van der Waals surface area contributed by atoms with E-state index in [-0.39, 0.29) is 5.91 Å². The molecule has 3 heterocycles. The number of H-pyrrole nitrogens is 1. The van der Waals surface area contributed by atoms with Gasteiger partial charge in [-0.1, -0.05) is 0 Å². The Kier molecular flexibility index (Phi) is 3.78. The number of carbonyl (C=O) groups excluding carboxylic acids is 1. The largest absolute Gasteiger partial charge is 0.339 e. The predicted molar refractivity (Wildman–Crippen MR) is 86.1 cm³/mol. The van der Waals surface area contributed by atoms with Crippen molar-refractivity contribution in [3.8, 4) is 0 Å². The van der Waals surface area contributed by atoms with Crippen molar-refractivity contribution >= 4 is 17.2 Å². The van der Waals surface area contributed by atoms with Gasteiger partial charge in [-0.2, -0.15) is 5.10 Å². The molecular formula is C15H21N5OS. The minimum absolute atomic E-state index is 0.156. The minimum atomic E-state index is -0.519. The fraction of sp³-hybridized carbons (Fsp3) is 0.533. The minimum Gasteiger partial charge on any atom is -0.339 e. The molecule has 0 atom stereocenters. The lowest BCUT2D eigenvalue weighted by Gasteiger charge is -2.24. The first kappa shape index (κ1) is 15.2. The summed E-state index contributed by atoms with van der Waals surface area (Å²) in [7, 11) is 0. The Morgan fingerprint density at radius 1 is 1.36 bits per heavy atom. The number of amides is 1. The van der Waals surface area contributed by atoms with Crippen LogP contribution in [0.2, 0.25) is 0 Å². The Bertz CT molecular complexity index is 696. The normalized spacial score (nSPS) is 14.7. The Morgan fingerprint density at radius 3 is 2.82 bits per heavy atom. The van der Waals surface area contributed by atoms with Crippen LogP contribution >= 0.6 is 11.3 Å². The molecule has 22 heavy (non-hydrogen) atoms. The molecule has 0 saturated heterocycles. The van der Waals surface area contributed by atoms with Crippen LogP contribution in [-0.4, -0.2) is 27.6 Å². The molecule has 118 valence electrons. The molecule has 0 spiro atoms. The van der Waals surface area contributed by atoms with E-state index in [1.807, 2.05) is 27.7 Å². The van der Waals surface area contributed by atoms with Crippen LogP contribution < -0.4 is 10.6 Å². The zero-order chi connectivity index (χ0) is 15.9. The van der Waals surface area contributed by atoms with Gasteiger partial charge in [0.2, 0.25) is 0 Å². The summed E-state index contributed by atoms with van der Waals surface area (Å²) in [6, 6.07) is 0. The van der Waals surface area contributed by atoms with Gasteiger partial charge in [0.05, 0.1) is 11.2 Å². The van der Waals surface area contributed by atoms with Crippen LogP contribution in [0.1, 0.15) is 51.2 Å². The Hall–Kier alpha value is -1.73. The van der Waals surface area contributed by atoms with Crippen molar-refractivity contribution in [1.29, 1.82) is 0 Å². The smallest absolute Gasteiger partial charge is 0.272 e. The maximum atomic E-state index is 12.6. The van der Waals surface area contributed by atoms with E-state index >= 15 is 0 Å². The summed E-state index contributed by atoms with van der Waals surface area (Å²) < 4.78 is 0. The van der Waals surface area contributed by atoms with Crippen molar-refractivity contribution in [2.24, 2.45) is 0 Å². The maximum Gasteiger partial charge on any atom is 0.272 e. The zero-order valence-electron chi connectivity index (χ0n) is 13.3. The van der Waals surface area contributed by atoms with E-state index in [2.05, 4.69) is 25.8 Å². The quantitative estimate of drug-likeness (QED) is 0.805. The number of nitrogens with zero attached hydrogens (tertiary/aromatic N) is 2. The first-order valence-corrected chi connectivity index (χ1v) is 8.24. The molecule has 1 amide bonds. The number of thiazole rings is 1. The van der Waals surface area contributed by atoms with Gasteiger partial charge < -0.3 is 10.6 Å². The number of aromatic nitrogens is 3. The third kappa shape index (κ3) is 2.66. The highest BCUT2D eigenvalue weighted by Gasteiger charge is 2.30. The van der Waals surface area contributed by atoms with E-state index in [9.17, 15) is 4.79 Å². The summed E-state index contributed by atoms with van der Waals surface area (Å²) in [5.41, 5.74) is 3.02. The van der Waals surface area contributed by atoms with Crippen LogP contribution in [0.3, 0.4) is 0 Å². The lowest BCUT2D eigenvalue weighted by molar-refractivity contribution is 0.0905. The number of rotatable bonds is 3. The zero-order valence-corrected chi connectivity index (χ0v) is 14.1. The summed E-state index contributed by atoms with van der Waals surface area (Å²) in [6.07, 6.45) is 0.879. The second kappa shape index (κ2) is 5.48. The Balaban J connectivity index is 1.82. The highest BCUT2D eigenvalue weighted by molar-refractivity contribution is 7.11. The lowest BCUT2D eigenvalue weighted by Crippen LogP contribution is -2.41. The number of hydrogen-bond donors (Lipinski definition) is 3. The van der Waals surface area contributed by atoms with Crippen molar-refractivity contribution in [1.82, 2.24) is 25.8 Å². The molecule has 0 unspecified atom stereocenters. The number of fused-ring (bicyclic) bond motifs is 1. The molecule has 0 fully saturated rings. The molecule has 1 aliphatic rings. The van der Waals surface area contributed by atoms with Gasteiger partial charge in [0.1, 0.15) is 5.01 Å². The summed E-state index contributed by atoms with van der Waals surface area (Å²) in [5.74, 6) is -0.156. The third-order valence-corrected chi connectivity index (χ3v) is 5.41. The first-order chi connectivity index (χ1) is 10.4. The summed E-state index contributed by atoms with van der Waals surface area (Å²) in [6.45, 7) is 9.58. The highest BCUT2D eigenvalue weighted by Crippen LogP contribution is 2.28. The summed E-state index contributed by atoms with van der Waals surface area (Å²) in [4.78, 5) is 18.4. The second-order valence-electron chi connectivity index (χ2n) is 6.20. The molecular weight excluding hydrogens is 298 g/mol. The summed E-state index contributed by atoms with van der Waals surface area (Å²) in [5, 5.41) is 14.4. The average Bonchev–Trinajstić information content (AvgIpc) is 3.03. The molecule has 0 aliphatic carbocycles. The molecule has 0 aromatic carbocycles. The van der Waals surface area contributed by atoms with Crippen molar-refractivity contribution in [3.63, 3.8) is 0 Å². The van der Waals surface area contributed by atoms with E-state index in [1.165, 1.54) is 4.88 Å². The number of hydrogen-bond acceptors (Lipinski definition) is 5. The highest BCUT2D eigenvalue weighted by atomic mass is 32.1. The maximum absolute atomic E-state index is 12.6. The SMILES string of the molecule is Cc1nc(C(C)(C)NC(=O)c2n[nH]c3c2CNCC3)sc1C. The van der Waals surface area contributed by atoms with E-state index in [0.29, 0.717) is 12.2 Å². The van der Waals surface area contributed by atoms with E-state index in [4.69, 9.17) is 0 Å². The van der Waals surface area contributed by atoms with Gasteiger partial charge >= 0.3 is 0 Å². The van der Waals surface area contributed by atoms with Crippen LogP contribution in [0, 0.1) is 13.8 Å². The second-order valence-corrected chi connectivity index (χ2v) is 7.40. The number of aryl methyl sites for hydroxylation is 2. The Labute approximate surface area is 133 Å². The van der Waals surface area contributed by atoms with Crippen LogP contribution in [0.25, 0.3) is 0 Å². The van der Waals surface area contributed by atoms with Gasteiger partial charge in [0.15, 0.2) is 5.69 Å². The van der Waals surface area contributed by atoms with Crippen molar-refractivity contribution < 1.29 is 4.79 Å². The van der Waals surface area contributed by atoms with Gasteiger partial charge in [-0.15, -0.1) is 11.3 Å². The van der Waals surface area contributed by atoms with Gasteiger partial charge in [-0.25, -0.2) is 4.98 Å². The van der Waals surface area contributed by atoms with Gasteiger partial charge in [0, 0.05) is 35.6 Å². The monoisotopic (exact) mass is 319 g/mol. The summed E-state index contributed by atoms with van der Waals surface area (Å²) >= 11 is 1.62. The van der Waals surface area contributed by atoms with Gasteiger partial charge in [-0.3, -0.25) is 9.89 Å². The topological polar surface area (TPSA) is 82.7 Å². The molecule has 0 radical (unpaired) electrons. The third-order valence-electron chi connectivity index (χ3n) is 4.01. The fourth-order valence-electron chi connectivity index (χ4n) is 2.55. The van der Waals surface area contributed by atoms with Crippen LogP contribution in [0.15, 0.2) is 0 Å². The van der Waals surface area contributed by atoms with E-state index in [1.54, 1.807) is 11.3 Å². The number of carbonyl (C=O) groups is 1. The molecule has 2 aromatic rings. The van der Waals surface area contributed by atoms with E-state index in [0.717, 1.165) is 34.9 Å². The van der Waals surface area contributed by atoms with Crippen LogP contribution in [-0.2, 0) is 18.5 Å². The molecule has 2 aromatic heterocycles. The van der Waals surface area contributed by atoms with Crippen molar-refractivity contribution in [2.75, 3.05) is 6.54 Å². The molecule has 7 heteroatoms. The predicted octanol–water partition coefficient (Wildman–Crippen LogP) is 1.79. The molecule has 0 saturated carbocycles. The van der Waals surface area contributed by atoms with Gasteiger partial charge in [0.25, 0.3) is 5.91 Å². The molecule has 3 N–H and O–H groups in total. The molecule has 1 aliphatic heterocycles. The number of aromatic amines is 1. The molecule has 3 rings (SSSR count). The average molecular weight is 319 g/mol. The fourth-order valence-corrected chi connectivity index (χ4v) is 3.52. The standard InChI is InChI=1S/C15H21N5OS/c1-8-9(2)22-14(17-8)15(3,4)18-13(21)12-10-7-16-6-5-11(10)19-20-12/h16H,5-7H2,1-4H3,(H,18,21)(H,19,20). The van der Waals surface area contributed by atoms with Crippen molar-refractivity contribution in [2.45, 2.75) is 46.2 Å². The van der Waals surface area contributed by atoms with E-state index < -0.39 is 5.54 Å². The van der Waals surface area contributed by atoms with Crippen molar-refractivity contribution in [3.05, 3.63) is 32.5 Å². The van der Waals surface area contributed by atoms with Crippen LogP contribution in [0.5, 0.6) is 0 Å². The first-order valence-electron chi connectivity index (χ1n) is 7.42. The Morgan fingerprint density at radius 2 is 2.14 bits per heavy atom. The number of nitrogens with one attached hydrogen (secondary N) is 3. The van der Waals surface area contributed by atoms with Crippen LogP contribution in [0.4, 0.5) is 0 Å². The molecule has 0 bridgehead atoms. The lowest BCUT2D eigenvalue weighted by atomic mass is 10.0. The molecule has 6 nitrogen and oxygen atoms in total.